The van der Waals surface area contributed by atoms with E-state index in [1.165, 1.54) is 11.1 Å². The van der Waals surface area contributed by atoms with Gasteiger partial charge in [-0.3, -0.25) is 9.48 Å². The van der Waals surface area contributed by atoms with Crippen LogP contribution < -0.4 is 0 Å². The molecule has 0 N–H and O–H groups in total. The van der Waals surface area contributed by atoms with Crippen molar-refractivity contribution < 1.29 is 4.79 Å². The lowest BCUT2D eigenvalue weighted by atomic mass is 10.0. The molecule has 1 aromatic carbocycles. The second-order valence-corrected chi connectivity index (χ2v) is 5.09. The van der Waals surface area contributed by atoms with Gasteiger partial charge in [-0.15, -0.1) is 0 Å². The number of aromatic nitrogens is 2. The summed E-state index contributed by atoms with van der Waals surface area (Å²) < 4.78 is 1.83. The third-order valence-electron chi connectivity index (χ3n) is 3.05. The average molecular weight is 256 g/mol. The van der Waals surface area contributed by atoms with Crippen LogP contribution in [-0.2, 0) is 13.0 Å². The van der Waals surface area contributed by atoms with Crippen molar-refractivity contribution in [2.24, 2.45) is 0 Å². The van der Waals surface area contributed by atoms with Crippen LogP contribution in [0.3, 0.4) is 0 Å². The fraction of sp³-hybridized carbons (Fsp3) is 0.375. The molecular weight excluding hydrogens is 236 g/mol. The zero-order valence-corrected chi connectivity index (χ0v) is 11.8. The van der Waals surface area contributed by atoms with Crippen LogP contribution in [0.25, 0.3) is 0 Å². The zero-order valence-electron chi connectivity index (χ0n) is 11.8. The normalized spacial score (nSPS) is 10.7. The summed E-state index contributed by atoms with van der Waals surface area (Å²) in [5, 5.41) is 4.20. The molecule has 0 fully saturated rings. The number of hydrogen-bond donors (Lipinski definition) is 0. The molecule has 0 amide bonds. The highest BCUT2D eigenvalue weighted by molar-refractivity contribution is 5.97. The van der Waals surface area contributed by atoms with Crippen LogP contribution in [0.2, 0.25) is 0 Å². The molecule has 0 radical (unpaired) electrons. The van der Waals surface area contributed by atoms with E-state index in [1.54, 1.807) is 6.20 Å². The first-order valence-corrected chi connectivity index (χ1v) is 6.71. The lowest BCUT2D eigenvalue weighted by molar-refractivity contribution is 0.0993. The highest BCUT2D eigenvalue weighted by Crippen LogP contribution is 2.12. The fourth-order valence-electron chi connectivity index (χ4n) is 2.32. The van der Waals surface area contributed by atoms with Gasteiger partial charge >= 0.3 is 0 Å². The van der Waals surface area contributed by atoms with Gasteiger partial charge in [0.1, 0.15) is 0 Å². The topological polar surface area (TPSA) is 34.9 Å². The maximum Gasteiger partial charge on any atom is 0.170 e. The molecule has 3 nitrogen and oxygen atoms in total. The van der Waals surface area contributed by atoms with Crippen molar-refractivity contribution in [2.45, 2.75) is 40.2 Å². The summed E-state index contributed by atoms with van der Waals surface area (Å²) in [7, 11) is 0. The van der Waals surface area contributed by atoms with Gasteiger partial charge in [0.05, 0.1) is 11.8 Å². The predicted molar refractivity (Wildman–Crippen MR) is 76.5 cm³/mol. The quantitative estimate of drug-likeness (QED) is 0.769. The van der Waals surface area contributed by atoms with E-state index in [1.807, 2.05) is 10.9 Å². The first-order chi connectivity index (χ1) is 9.08. The van der Waals surface area contributed by atoms with E-state index in [4.69, 9.17) is 0 Å². The third kappa shape index (κ3) is 3.53. The van der Waals surface area contributed by atoms with Gasteiger partial charge in [0.25, 0.3) is 0 Å². The molecule has 0 atom stereocenters. The van der Waals surface area contributed by atoms with Crippen molar-refractivity contribution in [2.75, 3.05) is 0 Å². The van der Waals surface area contributed by atoms with E-state index in [0.29, 0.717) is 12.0 Å². The van der Waals surface area contributed by atoms with E-state index in [-0.39, 0.29) is 5.78 Å². The first-order valence-electron chi connectivity index (χ1n) is 6.71. The maximum atomic E-state index is 12.2. The molecule has 1 aromatic heterocycles. The Kier molecular flexibility index (Phi) is 4.15. The molecule has 1 heterocycles. The Morgan fingerprint density at radius 1 is 1.21 bits per heavy atom. The molecule has 100 valence electrons. The fourth-order valence-corrected chi connectivity index (χ4v) is 2.32. The molecule has 0 spiro atoms. The largest absolute Gasteiger partial charge is 0.294 e. The second kappa shape index (κ2) is 5.83. The molecule has 0 bridgehead atoms. The average Bonchev–Trinajstić information content (AvgIpc) is 2.76. The number of ketones is 1. The van der Waals surface area contributed by atoms with E-state index in [9.17, 15) is 4.79 Å². The van der Waals surface area contributed by atoms with Gasteiger partial charge < -0.3 is 0 Å². The van der Waals surface area contributed by atoms with Crippen LogP contribution in [0.15, 0.2) is 30.6 Å². The predicted octanol–water partition coefficient (Wildman–Crippen LogP) is 3.34. The summed E-state index contributed by atoms with van der Waals surface area (Å²) >= 11 is 0. The number of Topliss-reactive ketones (excluding diaryl/α,β-unsaturated/α-hetero) is 1. The molecule has 0 saturated carbocycles. The minimum atomic E-state index is 0.132. The van der Waals surface area contributed by atoms with Crippen LogP contribution in [0.1, 0.15) is 40.4 Å². The summed E-state index contributed by atoms with van der Waals surface area (Å²) in [6.07, 6.45) is 4.97. The summed E-state index contributed by atoms with van der Waals surface area (Å²) in [6.45, 7) is 7.07. The van der Waals surface area contributed by atoms with Gasteiger partial charge in [-0.1, -0.05) is 36.2 Å². The van der Waals surface area contributed by atoms with E-state index >= 15 is 0 Å². The van der Waals surface area contributed by atoms with E-state index < -0.39 is 0 Å². The summed E-state index contributed by atoms with van der Waals surface area (Å²) in [5.74, 6) is 0.132. The lowest BCUT2D eigenvalue weighted by Crippen LogP contribution is -2.03. The minimum absolute atomic E-state index is 0.132. The van der Waals surface area contributed by atoms with Gasteiger partial charge in [-0.05, 0) is 25.8 Å². The number of rotatable bonds is 5. The summed E-state index contributed by atoms with van der Waals surface area (Å²) in [5.41, 5.74) is 4.17. The molecule has 0 unspecified atom stereocenters. The Bertz CT molecular complexity index is 564. The number of carbonyl (C=O) groups excluding carboxylic acids is 1. The first kappa shape index (κ1) is 13.5. The SMILES string of the molecule is CCCn1cc(C(=O)Cc2cc(C)cc(C)c2)cn1. The number of carbonyl (C=O) groups is 1. The van der Waals surface area contributed by atoms with E-state index in [2.05, 4.69) is 44.1 Å². The van der Waals surface area contributed by atoms with Crippen molar-refractivity contribution in [1.82, 2.24) is 9.78 Å². The lowest BCUT2D eigenvalue weighted by Gasteiger charge is -2.03. The van der Waals surface area contributed by atoms with Crippen LogP contribution in [-0.4, -0.2) is 15.6 Å². The minimum Gasteiger partial charge on any atom is -0.294 e. The highest BCUT2D eigenvalue weighted by Gasteiger charge is 2.10. The Morgan fingerprint density at radius 3 is 2.53 bits per heavy atom. The van der Waals surface area contributed by atoms with Crippen molar-refractivity contribution >= 4 is 5.78 Å². The van der Waals surface area contributed by atoms with Crippen LogP contribution in [0, 0.1) is 13.8 Å². The number of nitrogens with zero attached hydrogens (tertiary/aromatic N) is 2. The van der Waals surface area contributed by atoms with Crippen molar-refractivity contribution in [3.05, 3.63) is 52.8 Å². The van der Waals surface area contributed by atoms with Crippen molar-refractivity contribution in [1.29, 1.82) is 0 Å². The van der Waals surface area contributed by atoms with Gasteiger partial charge in [-0.2, -0.15) is 5.10 Å². The summed E-state index contributed by atoms with van der Waals surface area (Å²) in [4.78, 5) is 12.2. The zero-order chi connectivity index (χ0) is 13.8. The maximum absolute atomic E-state index is 12.2. The monoisotopic (exact) mass is 256 g/mol. The Hall–Kier alpha value is -1.90. The molecule has 0 aliphatic rings. The van der Waals surface area contributed by atoms with Gasteiger partial charge in [0, 0.05) is 19.2 Å². The Morgan fingerprint density at radius 2 is 1.89 bits per heavy atom. The van der Waals surface area contributed by atoms with Gasteiger partial charge in [0.15, 0.2) is 5.78 Å². The third-order valence-corrected chi connectivity index (χ3v) is 3.05. The van der Waals surface area contributed by atoms with Crippen LogP contribution >= 0.6 is 0 Å². The summed E-state index contributed by atoms with van der Waals surface area (Å²) in [6, 6.07) is 6.26. The van der Waals surface area contributed by atoms with Crippen molar-refractivity contribution in [3.8, 4) is 0 Å². The molecule has 0 aliphatic heterocycles. The molecular formula is C16H20N2O. The number of benzene rings is 1. The molecule has 0 aliphatic carbocycles. The number of aryl methyl sites for hydroxylation is 3. The van der Waals surface area contributed by atoms with Crippen LogP contribution in [0.5, 0.6) is 0 Å². The Balaban J connectivity index is 2.11. The molecule has 2 rings (SSSR count). The molecule has 0 saturated heterocycles. The second-order valence-electron chi connectivity index (χ2n) is 5.09. The molecule has 3 heteroatoms. The van der Waals surface area contributed by atoms with Gasteiger partial charge in [-0.25, -0.2) is 0 Å². The van der Waals surface area contributed by atoms with E-state index in [0.717, 1.165) is 18.5 Å². The Labute approximate surface area is 114 Å². The highest BCUT2D eigenvalue weighted by atomic mass is 16.1. The van der Waals surface area contributed by atoms with Crippen LogP contribution in [0.4, 0.5) is 0 Å². The number of hydrogen-bond acceptors (Lipinski definition) is 2. The molecule has 19 heavy (non-hydrogen) atoms. The van der Waals surface area contributed by atoms with Crippen molar-refractivity contribution in [3.63, 3.8) is 0 Å². The smallest absolute Gasteiger partial charge is 0.170 e. The van der Waals surface area contributed by atoms with Gasteiger partial charge in [0.2, 0.25) is 0 Å². The standard InChI is InChI=1S/C16H20N2O/c1-4-5-18-11-15(10-17-18)16(19)9-14-7-12(2)6-13(3)8-14/h6-8,10-11H,4-5,9H2,1-3H3. The molecule has 2 aromatic rings.